The number of esters is 1. The molecule has 0 bridgehead atoms. The van der Waals surface area contributed by atoms with Crippen LogP contribution in [0.5, 0.6) is 0 Å². The molecular formula is C20H23FO3. The minimum absolute atomic E-state index is 0.183. The first-order chi connectivity index (χ1) is 11.6. The van der Waals surface area contributed by atoms with E-state index in [1.165, 1.54) is 12.1 Å². The molecule has 0 saturated heterocycles. The molecule has 0 saturated carbocycles. The third-order valence-corrected chi connectivity index (χ3v) is 3.97. The minimum atomic E-state index is -0.448. The van der Waals surface area contributed by atoms with Crippen molar-refractivity contribution in [3.63, 3.8) is 0 Å². The smallest absolute Gasteiger partial charge is 0.311 e. The number of halogens is 1. The summed E-state index contributed by atoms with van der Waals surface area (Å²) < 4.78 is 18.2. The highest BCUT2D eigenvalue weighted by Crippen LogP contribution is 2.21. The molecule has 0 unspecified atom stereocenters. The second-order valence-corrected chi connectivity index (χ2v) is 5.73. The first-order valence-corrected chi connectivity index (χ1v) is 8.26. The maximum atomic E-state index is 13.3. The van der Waals surface area contributed by atoms with E-state index >= 15 is 0 Å². The van der Waals surface area contributed by atoms with Gasteiger partial charge in [-0.3, -0.25) is 4.79 Å². The molecule has 24 heavy (non-hydrogen) atoms. The molecule has 0 amide bonds. The predicted molar refractivity (Wildman–Crippen MR) is 92.0 cm³/mol. The number of aliphatic hydroxyl groups excluding tert-OH is 1. The second-order valence-electron chi connectivity index (χ2n) is 5.73. The van der Waals surface area contributed by atoms with E-state index in [2.05, 4.69) is 0 Å². The van der Waals surface area contributed by atoms with Crippen molar-refractivity contribution in [3.8, 4) is 11.1 Å². The molecule has 0 aliphatic rings. The van der Waals surface area contributed by atoms with Gasteiger partial charge in [0.1, 0.15) is 5.82 Å². The zero-order chi connectivity index (χ0) is 17.4. The molecular weight excluding hydrogens is 307 g/mol. The number of rotatable bonds is 8. The van der Waals surface area contributed by atoms with Crippen LogP contribution in [0.15, 0.2) is 48.5 Å². The molecule has 0 aromatic heterocycles. The van der Waals surface area contributed by atoms with Crippen molar-refractivity contribution in [2.75, 3.05) is 13.2 Å². The molecule has 0 radical (unpaired) electrons. The van der Waals surface area contributed by atoms with Gasteiger partial charge in [-0.25, -0.2) is 4.39 Å². The summed E-state index contributed by atoms with van der Waals surface area (Å²) in [7, 11) is 0. The first-order valence-electron chi connectivity index (χ1n) is 8.26. The molecule has 1 N–H and O–H groups in total. The molecule has 4 heteroatoms. The fourth-order valence-corrected chi connectivity index (χ4v) is 2.63. The van der Waals surface area contributed by atoms with Gasteiger partial charge in [-0.1, -0.05) is 36.4 Å². The third kappa shape index (κ3) is 5.17. The van der Waals surface area contributed by atoms with Gasteiger partial charge in [0.15, 0.2) is 0 Å². The van der Waals surface area contributed by atoms with E-state index in [-0.39, 0.29) is 18.4 Å². The average molecular weight is 330 g/mol. The van der Waals surface area contributed by atoms with Crippen LogP contribution in [-0.2, 0) is 16.0 Å². The van der Waals surface area contributed by atoms with Crippen LogP contribution >= 0.6 is 0 Å². The highest BCUT2D eigenvalue weighted by Gasteiger charge is 2.18. The minimum Gasteiger partial charge on any atom is -0.466 e. The number of carbonyl (C=O) groups excluding carboxylic acids is 1. The van der Waals surface area contributed by atoms with Crippen LogP contribution in [0.2, 0.25) is 0 Å². The van der Waals surface area contributed by atoms with Gasteiger partial charge < -0.3 is 9.84 Å². The fourth-order valence-electron chi connectivity index (χ4n) is 2.63. The normalized spacial score (nSPS) is 12.0. The van der Waals surface area contributed by atoms with Gasteiger partial charge >= 0.3 is 5.97 Å². The van der Waals surface area contributed by atoms with E-state index < -0.39 is 5.92 Å². The maximum absolute atomic E-state index is 13.3. The van der Waals surface area contributed by atoms with E-state index in [9.17, 15) is 14.3 Å². The summed E-state index contributed by atoms with van der Waals surface area (Å²) in [5.41, 5.74) is 2.97. The van der Waals surface area contributed by atoms with Gasteiger partial charge in [-0.05, 0) is 55.0 Å². The molecule has 2 aromatic carbocycles. The first kappa shape index (κ1) is 18.1. The Kier molecular flexibility index (Phi) is 6.94. The zero-order valence-electron chi connectivity index (χ0n) is 13.9. The lowest BCUT2D eigenvalue weighted by Gasteiger charge is -2.12. The van der Waals surface area contributed by atoms with Crippen molar-refractivity contribution in [1.29, 1.82) is 0 Å². The Hall–Kier alpha value is -2.20. The Labute approximate surface area is 142 Å². The van der Waals surface area contributed by atoms with Crippen molar-refractivity contribution in [2.24, 2.45) is 5.92 Å². The van der Waals surface area contributed by atoms with E-state index in [0.717, 1.165) is 29.5 Å². The summed E-state index contributed by atoms with van der Waals surface area (Å²) in [6.45, 7) is 1.90. The lowest BCUT2D eigenvalue weighted by atomic mass is 9.98. The lowest BCUT2D eigenvalue weighted by molar-refractivity contribution is -0.149. The van der Waals surface area contributed by atoms with Gasteiger partial charge in [-0.15, -0.1) is 0 Å². The van der Waals surface area contributed by atoms with Crippen molar-refractivity contribution >= 4 is 5.97 Å². The largest absolute Gasteiger partial charge is 0.466 e. The molecule has 0 fully saturated rings. The zero-order valence-corrected chi connectivity index (χ0v) is 13.9. The van der Waals surface area contributed by atoms with E-state index in [4.69, 9.17) is 4.74 Å². The monoisotopic (exact) mass is 330 g/mol. The molecule has 3 nitrogen and oxygen atoms in total. The van der Waals surface area contributed by atoms with E-state index in [0.29, 0.717) is 13.0 Å². The molecule has 1 atom stereocenters. The Bertz CT molecular complexity index is 652. The van der Waals surface area contributed by atoms with E-state index in [1.807, 2.05) is 30.3 Å². The standard InChI is InChI=1S/C20H23FO3/c1-2-24-20(23)18(14-22)7-3-5-15-9-11-16(12-10-15)17-6-4-8-19(21)13-17/h4,6,8-13,18,22H,2-3,5,7,14H2,1H3/t18-/m0/s1. The van der Waals surface area contributed by atoms with Gasteiger partial charge in [0, 0.05) is 0 Å². The van der Waals surface area contributed by atoms with Crippen LogP contribution in [-0.4, -0.2) is 24.3 Å². The summed E-state index contributed by atoms with van der Waals surface area (Å²) in [5.74, 6) is -1.02. The van der Waals surface area contributed by atoms with Crippen LogP contribution in [0.4, 0.5) is 4.39 Å². The third-order valence-electron chi connectivity index (χ3n) is 3.97. The summed E-state index contributed by atoms with van der Waals surface area (Å²) in [5, 5.41) is 9.27. The lowest BCUT2D eigenvalue weighted by Crippen LogP contribution is -2.21. The van der Waals surface area contributed by atoms with Gasteiger partial charge in [-0.2, -0.15) is 0 Å². The molecule has 0 spiro atoms. The Morgan fingerprint density at radius 3 is 2.54 bits per heavy atom. The Morgan fingerprint density at radius 1 is 1.17 bits per heavy atom. The van der Waals surface area contributed by atoms with Crippen LogP contribution in [0.25, 0.3) is 11.1 Å². The number of carbonyl (C=O) groups is 1. The fraction of sp³-hybridized carbons (Fsp3) is 0.350. The number of hydrogen-bond acceptors (Lipinski definition) is 3. The molecule has 2 aromatic rings. The summed E-state index contributed by atoms with van der Waals surface area (Å²) in [6, 6.07) is 14.5. The van der Waals surface area contributed by atoms with Crippen molar-refractivity contribution in [1.82, 2.24) is 0 Å². The predicted octanol–water partition coefficient (Wildman–Crippen LogP) is 3.99. The quantitative estimate of drug-likeness (QED) is 0.745. The van der Waals surface area contributed by atoms with E-state index in [1.54, 1.807) is 13.0 Å². The molecule has 0 heterocycles. The van der Waals surface area contributed by atoms with Gasteiger partial charge in [0.2, 0.25) is 0 Å². The molecule has 0 aliphatic heterocycles. The Morgan fingerprint density at radius 2 is 1.92 bits per heavy atom. The summed E-state index contributed by atoms with van der Waals surface area (Å²) >= 11 is 0. The highest BCUT2D eigenvalue weighted by atomic mass is 19.1. The molecule has 128 valence electrons. The number of aryl methyl sites for hydroxylation is 1. The van der Waals surface area contributed by atoms with Gasteiger partial charge in [0.05, 0.1) is 19.1 Å². The van der Waals surface area contributed by atoms with Crippen molar-refractivity contribution < 1.29 is 19.0 Å². The van der Waals surface area contributed by atoms with Crippen LogP contribution in [0.1, 0.15) is 25.3 Å². The Balaban J connectivity index is 1.89. The number of hydrogen-bond donors (Lipinski definition) is 1. The second kappa shape index (κ2) is 9.18. The van der Waals surface area contributed by atoms with Crippen LogP contribution in [0, 0.1) is 11.7 Å². The topological polar surface area (TPSA) is 46.5 Å². The number of aliphatic hydroxyl groups is 1. The van der Waals surface area contributed by atoms with Gasteiger partial charge in [0.25, 0.3) is 0 Å². The molecule has 2 rings (SSSR count). The molecule has 0 aliphatic carbocycles. The average Bonchev–Trinajstić information content (AvgIpc) is 2.59. The number of benzene rings is 2. The van der Waals surface area contributed by atoms with Crippen LogP contribution in [0.3, 0.4) is 0 Å². The van der Waals surface area contributed by atoms with Crippen LogP contribution < -0.4 is 0 Å². The SMILES string of the molecule is CCOC(=O)[C@H](CO)CCCc1ccc(-c2cccc(F)c2)cc1. The number of ether oxygens (including phenoxy) is 1. The summed E-state index contributed by atoms with van der Waals surface area (Å²) in [4.78, 5) is 11.6. The maximum Gasteiger partial charge on any atom is 0.311 e. The highest BCUT2D eigenvalue weighted by molar-refractivity contribution is 5.72. The van der Waals surface area contributed by atoms with Crippen molar-refractivity contribution in [2.45, 2.75) is 26.2 Å². The summed E-state index contributed by atoms with van der Waals surface area (Å²) in [6.07, 6.45) is 2.21. The van der Waals surface area contributed by atoms with Crippen molar-refractivity contribution in [3.05, 3.63) is 59.9 Å².